The number of nitrogens with one attached hydrogen (secondary N) is 1. The highest BCUT2D eigenvalue weighted by atomic mass is 32.1. The van der Waals surface area contributed by atoms with E-state index >= 15 is 0 Å². The minimum absolute atomic E-state index is 0.0102. The highest BCUT2D eigenvalue weighted by molar-refractivity contribution is 7.11. The number of ether oxygens (including phenoxy) is 1. The summed E-state index contributed by atoms with van der Waals surface area (Å²) in [6, 6.07) is 4.03. The molecule has 0 radical (unpaired) electrons. The van der Waals surface area contributed by atoms with Gasteiger partial charge in [0.25, 0.3) is 6.43 Å². The molecular weight excluding hydrogens is 484 g/mol. The third-order valence-electron chi connectivity index (χ3n) is 7.05. The Morgan fingerprint density at radius 1 is 1.31 bits per heavy atom. The van der Waals surface area contributed by atoms with Crippen LogP contribution in [0, 0.1) is 24.2 Å². The lowest BCUT2D eigenvalue weighted by molar-refractivity contribution is -0.121. The van der Waals surface area contributed by atoms with Gasteiger partial charge in [-0.05, 0) is 69.5 Å². The van der Waals surface area contributed by atoms with Crippen LogP contribution < -0.4 is 10.1 Å². The quantitative estimate of drug-likeness (QED) is 0.539. The van der Waals surface area contributed by atoms with Crippen molar-refractivity contribution < 1.29 is 18.3 Å². The Balaban J connectivity index is 1.20. The Morgan fingerprint density at radius 2 is 2.08 bits per heavy atom. The number of alkyl halides is 2. The molecular formula is C26H33F2N5O2S. The number of rotatable bonds is 9. The topological polar surface area (TPSA) is 91.1 Å². The lowest BCUT2D eigenvalue weighted by Gasteiger charge is -2.30. The number of aryl methyl sites for hydroxylation is 1. The van der Waals surface area contributed by atoms with Crippen molar-refractivity contribution in [3.63, 3.8) is 0 Å². The van der Waals surface area contributed by atoms with Crippen molar-refractivity contribution in [2.75, 3.05) is 26.2 Å². The maximum atomic E-state index is 12.5. The third kappa shape index (κ3) is 7.43. The molecule has 0 bridgehead atoms. The third-order valence-corrected chi connectivity index (χ3v) is 7.97. The van der Waals surface area contributed by atoms with Gasteiger partial charge in [-0.25, -0.2) is 18.7 Å². The molecule has 1 fully saturated rings. The molecule has 1 aliphatic carbocycles. The predicted octanol–water partition coefficient (Wildman–Crippen LogP) is 4.07. The number of carbonyl (C=O) groups excluding carboxylic acids is 1. The van der Waals surface area contributed by atoms with Crippen LogP contribution in [0.1, 0.15) is 58.8 Å². The Hall–Kier alpha value is -2.64. The number of nitriles is 1. The van der Waals surface area contributed by atoms with Crippen LogP contribution in [0.2, 0.25) is 0 Å². The Kier molecular flexibility index (Phi) is 9.21. The Bertz CT molecular complexity index is 1080. The van der Waals surface area contributed by atoms with Crippen LogP contribution >= 0.6 is 11.3 Å². The fourth-order valence-electron chi connectivity index (χ4n) is 5.10. The van der Waals surface area contributed by atoms with Gasteiger partial charge in [0.1, 0.15) is 11.6 Å². The van der Waals surface area contributed by atoms with E-state index in [-0.39, 0.29) is 23.4 Å². The molecule has 194 valence electrons. The summed E-state index contributed by atoms with van der Waals surface area (Å²) in [5.74, 6) is 0.753. The molecule has 2 aromatic heterocycles. The Morgan fingerprint density at radius 3 is 2.78 bits per heavy atom. The van der Waals surface area contributed by atoms with Gasteiger partial charge >= 0.3 is 0 Å². The van der Waals surface area contributed by atoms with Crippen LogP contribution in [0.3, 0.4) is 0 Å². The van der Waals surface area contributed by atoms with E-state index in [9.17, 15) is 18.8 Å². The second-order valence-corrected chi connectivity index (χ2v) is 11.0. The van der Waals surface area contributed by atoms with Gasteiger partial charge in [-0.15, -0.1) is 11.3 Å². The first-order valence-corrected chi connectivity index (χ1v) is 13.5. The van der Waals surface area contributed by atoms with Gasteiger partial charge < -0.3 is 15.0 Å². The summed E-state index contributed by atoms with van der Waals surface area (Å²) in [5.41, 5.74) is 2.06. The molecule has 7 nitrogen and oxygen atoms in total. The normalized spacial score (nSPS) is 20.4. The molecule has 0 spiro atoms. The van der Waals surface area contributed by atoms with Crippen LogP contribution in [0.5, 0.6) is 5.88 Å². The summed E-state index contributed by atoms with van der Waals surface area (Å²) in [5, 5.41) is 13.6. The smallest absolute Gasteiger partial charge is 0.272 e. The fraction of sp³-hybridized carbons (Fsp3) is 0.615. The van der Waals surface area contributed by atoms with Crippen molar-refractivity contribution in [1.82, 2.24) is 20.2 Å². The minimum atomic E-state index is -2.60. The zero-order valence-electron chi connectivity index (χ0n) is 20.6. The number of amides is 1. The van der Waals surface area contributed by atoms with Crippen molar-refractivity contribution in [2.24, 2.45) is 5.92 Å². The SMILES string of the molecule is Cc1ncc(CC(=O)NC2CCC(CCN3CCc4cc(C#N)c(OCC(F)F)nc4CC3)CC2)s1. The van der Waals surface area contributed by atoms with Crippen molar-refractivity contribution in [3.05, 3.63) is 39.0 Å². The van der Waals surface area contributed by atoms with Gasteiger partial charge in [-0.2, -0.15) is 5.26 Å². The summed E-state index contributed by atoms with van der Waals surface area (Å²) in [7, 11) is 0. The summed E-state index contributed by atoms with van der Waals surface area (Å²) in [6.07, 6.45) is 6.49. The molecule has 1 saturated carbocycles. The zero-order valence-corrected chi connectivity index (χ0v) is 21.5. The van der Waals surface area contributed by atoms with Crippen molar-refractivity contribution in [3.8, 4) is 11.9 Å². The molecule has 3 heterocycles. The van der Waals surface area contributed by atoms with Crippen LogP contribution in [-0.2, 0) is 24.1 Å². The van der Waals surface area contributed by atoms with E-state index in [2.05, 4.69) is 20.2 Å². The molecule has 1 aliphatic heterocycles. The molecule has 4 rings (SSSR count). The maximum absolute atomic E-state index is 12.5. The molecule has 2 aliphatic rings. The molecule has 2 aromatic rings. The van der Waals surface area contributed by atoms with Crippen molar-refractivity contribution >= 4 is 17.2 Å². The molecule has 1 N–H and O–H groups in total. The summed E-state index contributed by atoms with van der Waals surface area (Å²) >= 11 is 1.57. The van der Waals surface area contributed by atoms with E-state index < -0.39 is 13.0 Å². The molecule has 0 aromatic carbocycles. The number of pyridine rings is 1. The number of hydrogen-bond donors (Lipinski definition) is 1. The maximum Gasteiger partial charge on any atom is 0.272 e. The van der Waals surface area contributed by atoms with Crippen LogP contribution in [0.4, 0.5) is 8.78 Å². The van der Waals surface area contributed by atoms with Gasteiger partial charge in [-0.1, -0.05) is 0 Å². The number of thiazole rings is 1. The number of halogens is 2. The minimum Gasteiger partial charge on any atom is -0.471 e. The number of aromatic nitrogens is 2. The van der Waals surface area contributed by atoms with Crippen LogP contribution in [0.25, 0.3) is 0 Å². The first-order valence-electron chi connectivity index (χ1n) is 12.7. The number of fused-ring (bicyclic) bond motifs is 1. The lowest BCUT2D eigenvalue weighted by atomic mass is 9.84. The zero-order chi connectivity index (χ0) is 25.5. The second-order valence-electron chi connectivity index (χ2n) is 9.70. The first kappa shape index (κ1) is 26.4. The fourth-order valence-corrected chi connectivity index (χ4v) is 5.89. The molecule has 0 atom stereocenters. The van der Waals surface area contributed by atoms with Gasteiger partial charge in [0, 0.05) is 42.3 Å². The monoisotopic (exact) mass is 517 g/mol. The molecule has 1 amide bonds. The largest absolute Gasteiger partial charge is 0.471 e. The summed E-state index contributed by atoms with van der Waals surface area (Å²) < 4.78 is 30.2. The van der Waals surface area contributed by atoms with Crippen molar-refractivity contribution in [2.45, 2.75) is 70.8 Å². The molecule has 0 unspecified atom stereocenters. The second kappa shape index (κ2) is 12.5. The number of hydrogen-bond acceptors (Lipinski definition) is 7. The van der Waals surface area contributed by atoms with Crippen molar-refractivity contribution in [1.29, 1.82) is 5.26 Å². The van der Waals surface area contributed by atoms with E-state index in [1.54, 1.807) is 23.6 Å². The van der Waals surface area contributed by atoms with E-state index in [4.69, 9.17) is 4.74 Å². The lowest BCUT2D eigenvalue weighted by Crippen LogP contribution is -2.38. The summed E-state index contributed by atoms with van der Waals surface area (Å²) in [6.45, 7) is 3.93. The van der Waals surface area contributed by atoms with Gasteiger partial charge in [0.2, 0.25) is 11.8 Å². The number of nitrogens with zero attached hydrogens (tertiary/aromatic N) is 4. The van der Waals surface area contributed by atoms with Gasteiger partial charge in [-0.3, -0.25) is 4.79 Å². The Labute approximate surface area is 214 Å². The van der Waals surface area contributed by atoms with Crippen LogP contribution in [0.15, 0.2) is 12.3 Å². The average molecular weight is 518 g/mol. The van der Waals surface area contributed by atoms with E-state index in [0.29, 0.717) is 18.8 Å². The van der Waals surface area contributed by atoms with E-state index in [1.165, 1.54) is 0 Å². The molecule has 10 heteroatoms. The molecule has 36 heavy (non-hydrogen) atoms. The predicted molar refractivity (Wildman–Crippen MR) is 133 cm³/mol. The van der Waals surface area contributed by atoms with Crippen LogP contribution in [-0.4, -0.2) is 59.5 Å². The van der Waals surface area contributed by atoms with E-state index in [1.807, 2.05) is 13.0 Å². The summed E-state index contributed by atoms with van der Waals surface area (Å²) in [4.78, 5) is 24.4. The molecule has 0 saturated heterocycles. The average Bonchev–Trinajstić information content (AvgIpc) is 3.16. The van der Waals surface area contributed by atoms with Gasteiger partial charge in [0.15, 0.2) is 6.61 Å². The van der Waals surface area contributed by atoms with Gasteiger partial charge in [0.05, 0.1) is 11.4 Å². The first-order chi connectivity index (χ1) is 17.4. The standard InChI is InChI=1S/C26H33F2N5O2S/c1-17-30-15-22(36-17)13-25(34)31-21-4-2-18(3-5-21)6-9-33-10-7-19-12-20(14-29)26(35-16-24(27)28)32-23(19)8-11-33/h12,15,18,21,24H,2-11,13,16H2,1H3,(H,31,34). The van der Waals surface area contributed by atoms with E-state index in [0.717, 1.165) is 79.3 Å². The number of carbonyl (C=O) groups is 1. The highest BCUT2D eigenvalue weighted by Crippen LogP contribution is 2.28. The highest BCUT2D eigenvalue weighted by Gasteiger charge is 2.24.